The number of amides is 2. The number of benzene rings is 1. The Morgan fingerprint density at radius 1 is 1.21 bits per heavy atom. The molecule has 1 aromatic carbocycles. The zero-order valence-corrected chi connectivity index (χ0v) is 15.6. The van der Waals surface area contributed by atoms with Crippen LogP contribution in [0.5, 0.6) is 5.75 Å². The number of aliphatic hydroxyl groups is 1. The molecule has 2 fully saturated rings. The molecule has 4 rings (SSSR count). The molecule has 2 aliphatic heterocycles. The van der Waals surface area contributed by atoms with Crippen LogP contribution in [0, 0.1) is 0 Å². The summed E-state index contributed by atoms with van der Waals surface area (Å²) >= 11 is 0. The van der Waals surface area contributed by atoms with E-state index in [-0.39, 0.29) is 37.1 Å². The van der Waals surface area contributed by atoms with E-state index in [0.717, 1.165) is 31.2 Å². The van der Waals surface area contributed by atoms with Gasteiger partial charge in [-0.25, -0.2) is 4.79 Å². The summed E-state index contributed by atoms with van der Waals surface area (Å²) in [5, 5.41) is 24.6. The second-order valence-corrected chi connectivity index (χ2v) is 7.83. The van der Waals surface area contributed by atoms with Crippen LogP contribution in [0.25, 0.3) is 0 Å². The van der Waals surface area contributed by atoms with Crippen LogP contribution in [0.15, 0.2) is 18.2 Å². The molecule has 3 aliphatic rings. The highest BCUT2D eigenvalue weighted by molar-refractivity contribution is 5.89. The van der Waals surface area contributed by atoms with Crippen LogP contribution >= 0.6 is 0 Å². The first-order valence-corrected chi connectivity index (χ1v) is 9.89. The third kappa shape index (κ3) is 3.93. The normalized spacial score (nSPS) is 28.9. The number of urea groups is 1. The standard InChI is InChI=1S/C20H26N2O6/c23-10-17-19-15(8-13(27-17)9-18(24)25)14-7-12(5-6-16(14)28-19)22-20(26)21-11-3-1-2-4-11/h5-7,11,13,15,17,19,23H,1-4,8-10H2,(H,24,25)(H2,21,22,26)/t13-,15-,17-,19+/m0/s1. The van der Waals surface area contributed by atoms with Gasteiger partial charge in [-0.1, -0.05) is 12.8 Å². The van der Waals surface area contributed by atoms with Gasteiger partial charge in [-0.3, -0.25) is 4.79 Å². The van der Waals surface area contributed by atoms with Gasteiger partial charge in [-0.2, -0.15) is 0 Å². The number of carbonyl (C=O) groups excluding carboxylic acids is 1. The molecule has 28 heavy (non-hydrogen) atoms. The van der Waals surface area contributed by atoms with E-state index < -0.39 is 18.2 Å². The Morgan fingerprint density at radius 3 is 2.71 bits per heavy atom. The molecule has 152 valence electrons. The van der Waals surface area contributed by atoms with Crippen molar-refractivity contribution < 1.29 is 29.3 Å². The molecular weight excluding hydrogens is 364 g/mol. The molecule has 4 atom stereocenters. The Bertz CT molecular complexity index is 748. The summed E-state index contributed by atoms with van der Waals surface area (Å²) in [6, 6.07) is 5.49. The maximum absolute atomic E-state index is 12.3. The number of ether oxygens (including phenoxy) is 2. The zero-order valence-electron chi connectivity index (χ0n) is 15.6. The van der Waals surface area contributed by atoms with E-state index in [0.29, 0.717) is 17.9 Å². The molecule has 0 spiro atoms. The van der Waals surface area contributed by atoms with Gasteiger partial charge in [-0.05, 0) is 37.5 Å². The van der Waals surface area contributed by atoms with Gasteiger partial charge in [0.2, 0.25) is 0 Å². The summed E-state index contributed by atoms with van der Waals surface area (Å²) in [6.07, 6.45) is 3.31. The number of aliphatic hydroxyl groups excluding tert-OH is 1. The molecule has 0 aromatic heterocycles. The van der Waals surface area contributed by atoms with Crippen LogP contribution < -0.4 is 15.4 Å². The average molecular weight is 390 g/mol. The summed E-state index contributed by atoms with van der Waals surface area (Å²) in [4.78, 5) is 23.3. The van der Waals surface area contributed by atoms with Gasteiger partial charge in [-0.15, -0.1) is 0 Å². The van der Waals surface area contributed by atoms with Crippen molar-refractivity contribution in [1.82, 2.24) is 5.32 Å². The first-order chi connectivity index (χ1) is 13.5. The van der Waals surface area contributed by atoms with Crippen molar-refractivity contribution in [2.24, 2.45) is 0 Å². The number of fused-ring (bicyclic) bond motifs is 3. The van der Waals surface area contributed by atoms with Crippen molar-refractivity contribution in [3.8, 4) is 5.75 Å². The largest absolute Gasteiger partial charge is 0.487 e. The number of rotatable bonds is 5. The van der Waals surface area contributed by atoms with E-state index in [1.54, 1.807) is 12.1 Å². The lowest BCUT2D eigenvalue weighted by Crippen LogP contribution is -2.46. The molecule has 1 aromatic rings. The Labute approximate surface area is 163 Å². The molecule has 1 saturated carbocycles. The minimum absolute atomic E-state index is 0.0788. The number of carboxylic acids is 1. The molecule has 0 bridgehead atoms. The zero-order chi connectivity index (χ0) is 19.7. The SMILES string of the molecule is O=C(O)C[C@@H]1C[C@H]2c3cc(NC(=O)NC4CCCC4)ccc3O[C@H]2[C@H](CO)O1. The third-order valence-corrected chi connectivity index (χ3v) is 5.85. The smallest absolute Gasteiger partial charge is 0.319 e. The van der Waals surface area contributed by atoms with Crippen LogP contribution in [-0.4, -0.2) is 53.2 Å². The molecule has 1 saturated heterocycles. The van der Waals surface area contributed by atoms with Crippen molar-refractivity contribution >= 4 is 17.7 Å². The minimum Gasteiger partial charge on any atom is -0.487 e. The first kappa shape index (κ1) is 19.0. The summed E-state index contributed by atoms with van der Waals surface area (Å²) in [5.41, 5.74) is 1.58. The molecule has 2 heterocycles. The molecule has 4 N–H and O–H groups in total. The minimum atomic E-state index is -0.932. The summed E-state index contributed by atoms with van der Waals surface area (Å²) in [6.45, 7) is -0.236. The van der Waals surface area contributed by atoms with E-state index >= 15 is 0 Å². The van der Waals surface area contributed by atoms with Crippen molar-refractivity contribution in [2.75, 3.05) is 11.9 Å². The number of nitrogens with one attached hydrogen (secondary N) is 2. The van der Waals surface area contributed by atoms with E-state index in [1.807, 2.05) is 6.07 Å². The fraction of sp³-hybridized carbons (Fsp3) is 0.600. The number of hydrogen-bond acceptors (Lipinski definition) is 5. The quantitative estimate of drug-likeness (QED) is 0.612. The molecule has 8 heteroatoms. The monoisotopic (exact) mass is 390 g/mol. The van der Waals surface area contributed by atoms with Crippen LogP contribution in [0.3, 0.4) is 0 Å². The topological polar surface area (TPSA) is 117 Å². The predicted octanol–water partition coefficient (Wildman–Crippen LogP) is 2.22. The molecule has 1 aliphatic carbocycles. The van der Waals surface area contributed by atoms with Crippen LogP contribution in [0.4, 0.5) is 10.5 Å². The van der Waals surface area contributed by atoms with Gasteiger partial charge in [0.15, 0.2) is 0 Å². The van der Waals surface area contributed by atoms with E-state index in [2.05, 4.69) is 10.6 Å². The van der Waals surface area contributed by atoms with Gasteiger partial charge in [0, 0.05) is 23.2 Å². The van der Waals surface area contributed by atoms with Crippen LogP contribution in [0.1, 0.15) is 50.0 Å². The Kier molecular flexibility index (Phi) is 5.41. The van der Waals surface area contributed by atoms with Crippen molar-refractivity contribution in [3.05, 3.63) is 23.8 Å². The van der Waals surface area contributed by atoms with Gasteiger partial charge >= 0.3 is 12.0 Å². The van der Waals surface area contributed by atoms with Crippen molar-refractivity contribution in [2.45, 2.75) is 68.8 Å². The maximum atomic E-state index is 12.3. The molecule has 0 unspecified atom stereocenters. The van der Waals surface area contributed by atoms with Crippen LogP contribution in [-0.2, 0) is 9.53 Å². The lowest BCUT2D eigenvalue weighted by atomic mass is 9.84. The van der Waals surface area contributed by atoms with Crippen molar-refractivity contribution in [3.63, 3.8) is 0 Å². The fourth-order valence-corrected chi connectivity index (χ4v) is 4.58. The Morgan fingerprint density at radius 2 is 2.00 bits per heavy atom. The molecular formula is C20H26N2O6. The summed E-state index contributed by atoms with van der Waals surface area (Å²) in [5.74, 6) is -0.321. The number of anilines is 1. The number of carbonyl (C=O) groups is 2. The number of hydrogen-bond donors (Lipinski definition) is 4. The van der Waals surface area contributed by atoms with Gasteiger partial charge in [0.25, 0.3) is 0 Å². The van der Waals surface area contributed by atoms with Gasteiger partial charge in [0.05, 0.1) is 19.1 Å². The van der Waals surface area contributed by atoms with Crippen molar-refractivity contribution in [1.29, 1.82) is 0 Å². The lowest BCUT2D eigenvalue weighted by Gasteiger charge is -2.36. The van der Waals surface area contributed by atoms with Gasteiger partial charge in [0.1, 0.15) is 18.0 Å². The third-order valence-electron chi connectivity index (χ3n) is 5.85. The maximum Gasteiger partial charge on any atom is 0.319 e. The summed E-state index contributed by atoms with van der Waals surface area (Å²) < 4.78 is 11.7. The van der Waals surface area contributed by atoms with Gasteiger partial charge < -0.3 is 30.3 Å². The van der Waals surface area contributed by atoms with E-state index in [9.17, 15) is 14.7 Å². The average Bonchev–Trinajstić information content (AvgIpc) is 3.28. The highest BCUT2D eigenvalue weighted by Gasteiger charge is 2.46. The first-order valence-electron chi connectivity index (χ1n) is 9.89. The Hall–Kier alpha value is -2.32. The second kappa shape index (κ2) is 7.97. The number of aliphatic carboxylic acids is 1. The fourth-order valence-electron chi connectivity index (χ4n) is 4.58. The molecule has 2 amide bonds. The van der Waals surface area contributed by atoms with E-state index in [4.69, 9.17) is 14.6 Å². The number of carboxylic acid groups (broad SMARTS) is 1. The molecule has 8 nitrogen and oxygen atoms in total. The van der Waals surface area contributed by atoms with E-state index in [1.165, 1.54) is 0 Å². The molecule has 0 radical (unpaired) electrons. The Balaban J connectivity index is 1.48. The van der Waals surface area contributed by atoms with Crippen LogP contribution in [0.2, 0.25) is 0 Å². The highest BCUT2D eigenvalue weighted by atomic mass is 16.6. The summed E-state index contributed by atoms with van der Waals surface area (Å²) in [7, 11) is 0. The lowest BCUT2D eigenvalue weighted by molar-refractivity contribution is -0.153. The predicted molar refractivity (Wildman–Crippen MR) is 101 cm³/mol. The second-order valence-electron chi connectivity index (χ2n) is 7.83. The highest BCUT2D eigenvalue weighted by Crippen LogP contribution is 2.47.